The summed E-state index contributed by atoms with van der Waals surface area (Å²) in [5.74, 6) is 6.64. The first-order valence-corrected chi connectivity index (χ1v) is 10.9. The molecule has 0 aliphatic carbocycles. The number of nitrogens with two attached hydrogens (primary N) is 1. The molecule has 2 N–H and O–H groups in total. The predicted molar refractivity (Wildman–Crippen MR) is 109 cm³/mol. The Balaban J connectivity index is 1.61. The van der Waals surface area contributed by atoms with Crippen molar-refractivity contribution >= 4 is 11.8 Å². The molecule has 0 radical (unpaired) electrons. The van der Waals surface area contributed by atoms with Crippen LogP contribution in [0.15, 0.2) is 47.4 Å². The summed E-state index contributed by atoms with van der Waals surface area (Å²) in [6.07, 6.45) is -0.644. The van der Waals surface area contributed by atoms with E-state index in [-0.39, 0.29) is 12.0 Å². The van der Waals surface area contributed by atoms with E-state index in [1.807, 2.05) is 35.3 Å². The Morgan fingerprint density at radius 2 is 1.97 bits per heavy atom. The molecule has 0 aromatic heterocycles. The van der Waals surface area contributed by atoms with Crippen LogP contribution in [0.4, 0.5) is 13.2 Å². The standard InChI is InChI=1S/C22H25F3N2OS/c23-22(24,25)14-29-19-12-17-8-10-28-21(17)18(13-19)11-16-7-4-9-27(26)20(16)15-5-2-1-3-6-15/h1-3,5-6,12-13,16,20H,4,7-11,14,26H2/t16-,20+/m0/s1. The number of halogens is 3. The molecule has 3 nitrogen and oxygen atoms in total. The largest absolute Gasteiger partial charge is 0.493 e. The van der Waals surface area contributed by atoms with Crippen molar-refractivity contribution in [2.24, 2.45) is 11.8 Å². The predicted octanol–water partition coefficient (Wildman–Crippen LogP) is 5.15. The smallest absolute Gasteiger partial charge is 0.398 e. The number of fused-ring (bicyclic) bond motifs is 1. The first-order chi connectivity index (χ1) is 13.9. The second kappa shape index (κ2) is 8.58. The Hall–Kier alpha value is -1.70. The third-order valence-corrected chi connectivity index (χ3v) is 6.70. The lowest BCUT2D eigenvalue weighted by molar-refractivity contribution is -0.105. The van der Waals surface area contributed by atoms with E-state index in [1.54, 1.807) is 0 Å². The first-order valence-electron chi connectivity index (χ1n) is 9.95. The molecule has 2 heterocycles. The van der Waals surface area contributed by atoms with Crippen molar-refractivity contribution in [3.8, 4) is 5.75 Å². The number of ether oxygens (including phenoxy) is 1. The lowest BCUT2D eigenvalue weighted by Crippen LogP contribution is -2.44. The maximum Gasteiger partial charge on any atom is 0.398 e. The van der Waals surface area contributed by atoms with Crippen molar-refractivity contribution in [3.05, 3.63) is 59.2 Å². The second-order valence-electron chi connectivity index (χ2n) is 7.77. The highest BCUT2D eigenvalue weighted by atomic mass is 32.2. The van der Waals surface area contributed by atoms with Crippen LogP contribution in [0.1, 0.15) is 35.6 Å². The molecular weight excluding hydrogens is 397 g/mol. The van der Waals surface area contributed by atoms with Crippen molar-refractivity contribution in [1.29, 1.82) is 0 Å². The number of alkyl halides is 3. The maximum atomic E-state index is 12.7. The van der Waals surface area contributed by atoms with Gasteiger partial charge in [0.05, 0.1) is 18.4 Å². The van der Waals surface area contributed by atoms with Gasteiger partial charge in [0.15, 0.2) is 0 Å². The quantitative estimate of drug-likeness (QED) is 0.535. The van der Waals surface area contributed by atoms with Gasteiger partial charge in [-0.05, 0) is 54.0 Å². The Kier molecular flexibility index (Phi) is 6.08. The number of nitrogens with zero attached hydrogens (tertiary/aromatic N) is 1. The van der Waals surface area contributed by atoms with Crippen molar-refractivity contribution in [3.63, 3.8) is 0 Å². The minimum absolute atomic E-state index is 0.0912. The summed E-state index contributed by atoms with van der Waals surface area (Å²) >= 11 is 0.852. The van der Waals surface area contributed by atoms with Crippen LogP contribution in [0.3, 0.4) is 0 Å². The van der Waals surface area contributed by atoms with Gasteiger partial charge in [-0.15, -0.1) is 11.8 Å². The van der Waals surface area contributed by atoms with Gasteiger partial charge in [-0.25, -0.2) is 5.01 Å². The van der Waals surface area contributed by atoms with Crippen LogP contribution < -0.4 is 10.6 Å². The molecule has 2 atom stereocenters. The molecule has 0 unspecified atom stereocenters. The molecule has 29 heavy (non-hydrogen) atoms. The molecule has 2 aliphatic heterocycles. The molecule has 7 heteroatoms. The van der Waals surface area contributed by atoms with Crippen LogP contribution in [0.25, 0.3) is 0 Å². The highest BCUT2D eigenvalue weighted by Crippen LogP contribution is 2.41. The van der Waals surface area contributed by atoms with Crippen LogP contribution >= 0.6 is 11.8 Å². The molecule has 2 aliphatic rings. The van der Waals surface area contributed by atoms with E-state index in [0.29, 0.717) is 11.5 Å². The summed E-state index contributed by atoms with van der Waals surface area (Å²) in [4.78, 5) is 0.665. The number of hydrazine groups is 1. The molecule has 0 amide bonds. The van der Waals surface area contributed by atoms with Gasteiger partial charge >= 0.3 is 6.18 Å². The molecular formula is C22H25F3N2OS. The second-order valence-corrected chi connectivity index (χ2v) is 8.82. The lowest BCUT2D eigenvalue weighted by Gasteiger charge is -2.39. The molecule has 0 bridgehead atoms. The molecule has 2 aromatic carbocycles. The fraction of sp³-hybridized carbons (Fsp3) is 0.455. The van der Waals surface area contributed by atoms with Crippen molar-refractivity contribution in [2.45, 2.75) is 42.8 Å². The number of hydrogen-bond acceptors (Lipinski definition) is 4. The number of benzene rings is 2. The van der Waals surface area contributed by atoms with Gasteiger partial charge in [0.2, 0.25) is 0 Å². The van der Waals surface area contributed by atoms with E-state index in [0.717, 1.165) is 60.9 Å². The number of piperidine rings is 1. The van der Waals surface area contributed by atoms with Crippen LogP contribution in [0.2, 0.25) is 0 Å². The summed E-state index contributed by atoms with van der Waals surface area (Å²) in [5.41, 5.74) is 3.20. The zero-order valence-electron chi connectivity index (χ0n) is 16.1. The molecule has 1 fully saturated rings. The molecule has 156 valence electrons. The fourth-order valence-corrected chi connectivity index (χ4v) is 5.25. The molecule has 1 saturated heterocycles. The van der Waals surface area contributed by atoms with Crippen LogP contribution in [-0.4, -0.2) is 30.1 Å². The number of hydrogen-bond donors (Lipinski definition) is 1. The van der Waals surface area contributed by atoms with Gasteiger partial charge < -0.3 is 4.74 Å². The first kappa shape index (κ1) is 20.6. The monoisotopic (exact) mass is 422 g/mol. The zero-order chi connectivity index (χ0) is 20.4. The Bertz CT molecular complexity index is 844. The summed E-state index contributed by atoms with van der Waals surface area (Å²) in [6, 6.07) is 14.1. The van der Waals surface area contributed by atoms with Crippen molar-refractivity contribution < 1.29 is 17.9 Å². The minimum atomic E-state index is -4.18. The van der Waals surface area contributed by atoms with Gasteiger partial charge in [-0.3, -0.25) is 5.84 Å². The van der Waals surface area contributed by atoms with Crippen molar-refractivity contribution in [2.75, 3.05) is 18.9 Å². The van der Waals surface area contributed by atoms with Gasteiger partial charge in [-0.1, -0.05) is 30.3 Å². The van der Waals surface area contributed by atoms with E-state index < -0.39 is 11.9 Å². The summed E-state index contributed by atoms with van der Waals surface area (Å²) < 4.78 is 44.0. The third-order valence-electron chi connectivity index (χ3n) is 5.65. The van der Waals surface area contributed by atoms with Gasteiger partial charge in [-0.2, -0.15) is 13.2 Å². The Labute approximate surface area is 173 Å². The average molecular weight is 423 g/mol. The molecule has 0 spiro atoms. The van der Waals surface area contributed by atoms with E-state index in [4.69, 9.17) is 10.6 Å². The maximum absolute atomic E-state index is 12.7. The Morgan fingerprint density at radius 3 is 2.72 bits per heavy atom. The SMILES string of the molecule is NN1CCC[C@@H](Cc2cc(SCC(F)(F)F)cc3c2OCC3)[C@H]1c1ccccc1. The molecule has 4 rings (SSSR count). The molecule has 0 saturated carbocycles. The Morgan fingerprint density at radius 1 is 1.17 bits per heavy atom. The zero-order valence-corrected chi connectivity index (χ0v) is 16.9. The van der Waals surface area contributed by atoms with E-state index >= 15 is 0 Å². The fourth-order valence-electron chi connectivity index (χ4n) is 4.47. The summed E-state index contributed by atoms with van der Waals surface area (Å²) in [7, 11) is 0. The van der Waals surface area contributed by atoms with E-state index in [1.165, 1.54) is 5.56 Å². The van der Waals surface area contributed by atoms with E-state index in [2.05, 4.69) is 12.1 Å². The highest BCUT2D eigenvalue weighted by molar-refractivity contribution is 7.99. The van der Waals surface area contributed by atoms with Gasteiger partial charge in [0.25, 0.3) is 0 Å². The van der Waals surface area contributed by atoms with Crippen LogP contribution in [0.5, 0.6) is 5.75 Å². The van der Waals surface area contributed by atoms with Gasteiger partial charge in [0, 0.05) is 17.9 Å². The van der Waals surface area contributed by atoms with Crippen LogP contribution in [0, 0.1) is 5.92 Å². The van der Waals surface area contributed by atoms with E-state index in [9.17, 15) is 13.2 Å². The normalized spacial score (nSPS) is 22.3. The number of rotatable bonds is 5. The van der Waals surface area contributed by atoms with Crippen LogP contribution in [-0.2, 0) is 12.8 Å². The topological polar surface area (TPSA) is 38.5 Å². The lowest BCUT2D eigenvalue weighted by atomic mass is 9.81. The minimum Gasteiger partial charge on any atom is -0.493 e. The highest BCUT2D eigenvalue weighted by Gasteiger charge is 2.33. The van der Waals surface area contributed by atoms with Gasteiger partial charge in [0.1, 0.15) is 5.75 Å². The summed E-state index contributed by atoms with van der Waals surface area (Å²) in [6.45, 7) is 1.43. The molecule has 2 aromatic rings. The third kappa shape index (κ3) is 4.90. The summed E-state index contributed by atoms with van der Waals surface area (Å²) in [5, 5.41) is 1.91. The number of thioether (sulfide) groups is 1. The van der Waals surface area contributed by atoms with Crippen molar-refractivity contribution in [1.82, 2.24) is 5.01 Å². The average Bonchev–Trinajstić information content (AvgIpc) is 3.16.